The predicted octanol–water partition coefficient (Wildman–Crippen LogP) is 2.13. The minimum atomic E-state index is -0.771. The molecule has 9 nitrogen and oxygen atoms in total. The molecule has 3 aliphatic rings. The summed E-state index contributed by atoms with van der Waals surface area (Å²) in [6.45, 7) is 8.16. The Bertz CT molecular complexity index is 1260. The van der Waals surface area contributed by atoms with E-state index in [1.54, 1.807) is 23.5 Å². The molecule has 3 aliphatic heterocycles. The van der Waals surface area contributed by atoms with Gasteiger partial charge in [0.2, 0.25) is 5.91 Å². The molecule has 3 saturated heterocycles. The number of rotatable bonds is 7. The van der Waals surface area contributed by atoms with E-state index in [9.17, 15) is 14.4 Å². The summed E-state index contributed by atoms with van der Waals surface area (Å²) in [5, 5.41) is 5.97. The second-order valence-electron chi connectivity index (χ2n) is 11.0. The normalized spacial score (nSPS) is 24.1. The van der Waals surface area contributed by atoms with Crippen LogP contribution in [0.1, 0.15) is 30.6 Å². The summed E-state index contributed by atoms with van der Waals surface area (Å²) in [7, 11) is 2.13. The van der Waals surface area contributed by atoms with Gasteiger partial charge in [-0.05, 0) is 31.5 Å². The maximum Gasteiger partial charge on any atom is 0.251 e. The van der Waals surface area contributed by atoms with Gasteiger partial charge in [0, 0.05) is 49.2 Å². The van der Waals surface area contributed by atoms with E-state index in [0.29, 0.717) is 12.0 Å². The van der Waals surface area contributed by atoms with Gasteiger partial charge in [0.1, 0.15) is 24.8 Å². The number of thiazole rings is 1. The highest BCUT2D eigenvalue weighted by Crippen LogP contribution is 2.32. The molecule has 39 heavy (non-hydrogen) atoms. The number of piperazine rings is 1. The van der Waals surface area contributed by atoms with E-state index >= 15 is 0 Å². The van der Waals surface area contributed by atoms with Crippen LogP contribution >= 0.6 is 11.3 Å². The van der Waals surface area contributed by atoms with Gasteiger partial charge in [-0.1, -0.05) is 31.9 Å². The molecule has 2 amide bonds. The lowest BCUT2D eigenvalue weighted by atomic mass is 10.0. The largest absolute Gasteiger partial charge is 0.366 e. The third kappa shape index (κ3) is 5.71. The summed E-state index contributed by atoms with van der Waals surface area (Å²) in [5.41, 5.74) is 2.26. The number of ketones is 1. The van der Waals surface area contributed by atoms with Gasteiger partial charge in [0.15, 0.2) is 10.9 Å². The molecule has 1 N–H and O–H groups in total. The second kappa shape index (κ2) is 11.5. The van der Waals surface area contributed by atoms with Crippen molar-refractivity contribution in [3.05, 3.63) is 35.2 Å². The van der Waals surface area contributed by atoms with E-state index < -0.39 is 18.2 Å². The van der Waals surface area contributed by atoms with Crippen molar-refractivity contribution in [3.8, 4) is 23.6 Å². The van der Waals surface area contributed by atoms with Crippen LogP contribution in [0.15, 0.2) is 29.6 Å². The van der Waals surface area contributed by atoms with Crippen molar-refractivity contribution in [2.45, 2.75) is 38.5 Å². The van der Waals surface area contributed by atoms with E-state index in [1.165, 1.54) is 4.90 Å². The first-order chi connectivity index (χ1) is 18.7. The minimum absolute atomic E-state index is 0.0410. The summed E-state index contributed by atoms with van der Waals surface area (Å²) in [6.07, 6.45) is 5.62. The number of aromatic nitrogens is 1. The molecule has 4 heterocycles. The van der Waals surface area contributed by atoms with Crippen LogP contribution in [0.4, 0.5) is 5.13 Å². The van der Waals surface area contributed by atoms with E-state index in [0.717, 1.165) is 42.6 Å². The van der Waals surface area contributed by atoms with E-state index in [2.05, 4.69) is 28.1 Å². The van der Waals surface area contributed by atoms with Gasteiger partial charge < -0.3 is 24.8 Å². The van der Waals surface area contributed by atoms with Crippen molar-refractivity contribution in [2.75, 3.05) is 51.3 Å². The van der Waals surface area contributed by atoms with Crippen molar-refractivity contribution >= 4 is 34.1 Å². The Balaban J connectivity index is 1.27. The monoisotopic (exact) mass is 549 g/mol. The van der Waals surface area contributed by atoms with Crippen LogP contribution in [0.5, 0.6) is 0 Å². The average molecular weight is 550 g/mol. The number of ether oxygens (including phenoxy) is 1. The maximum atomic E-state index is 13.6. The number of Topliss-reactive ketones (excluding diaryl/α,β-unsaturated/α-hetero) is 1. The topological polar surface area (TPSA) is 95.1 Å². The summed E-state index contributed by atoms with van der Waals surface area (Å²) >= 11 is 1.63. The number of fused-ring (bicyclic) bond motifs is 1. The first kappa shape index (κ1) is 27.3. The number of benzene rings is 1. The molecule has 1 aromatic heterocycles. The predicted molar refractivity (Wildman–Crippen MR) is 151 cm³/mol. The Kier molecular flexibility index (Phi) is 8.03. The number of hydrogen-bond donors (Lipinski definition) is 1. The zero-order chi connectivity index (χ0) is 27.7. The molecule has 3 fully saturated rings. The molecule has 5 rings (SSSR count). The van der Waals surface area contributed by atoms with E-state index in [4.69, 9.17) is 16.1 Å². The van der Waals surface area contributed by atoms with Crippen molar-refractivity contribution < 1.29 is 19.1 Å². The highest BCUT2D eigenvalue weighted by Gasteiger charge is 2.52. The molecule has 1 aromatic carbocycles. The Morgan fingerprint density at radius 1 is 1.21 bits per heavy atom. The molecule has 0 saturated carbocycles. The summed E-state index contributed by atoms with van der Waals surface area (Å²) < 4.78 is 5.59. The highest BCUT2D eigenvalue weighted by atomic mass is 32.1. The van der Waals surface area contributed by atoms with Gasteiger partial charge in [-0.15, -0.1) is 17.8 Å². The molecule has 0 bridgehead atoms. The van der Waals surface area contributed by atoms with Crippen LogP contribution in [0.3, 0.4) is 0 Å². The van der Waals surface area contributed by atoms with Gasteiger partial charge in [0.05, 0.1) is 11.6 Å². The Hall–Kier alpha value is -3.26. The number of amides is 2. The molecule has 206 valence electrons. The zero-order valence-corrected chi connectivity index (χ0v) is 23.4. The minimum Gasteiger partial charge on any atom is -0.366 e. The molecule has 1 unspecified atom stereocenters. The van der Waals surface area contributed by atoms with Crippen LogP contribution in [0, 0.1) is 24.2 Å². The average Bonchev–Trinajstić information content (AvgIpc) is 3.65. The first-order valence-corrected chi connectivity index (χ1v) is 14.3. The number of likely N-dealkylation sites (N-methyl/N-ethyl adjacent to an activating group) is 1. The number of carbonyl (C=O) groups is 3. The number of nitrogens with one attached hydrogen (secondary N) is 1. The molecule has 4 atom stereocenters. The molecule has 0 radical (unpaired) electrons. The summed E-state index contributed by atoms with van der Waals surface area (Å²) in [6, 6.07) is 5.82. The molecular formula is C29H35N5O4S. The lowest BCUT2D eigenvalue weighted by Crippen LogP contribution is -2.52. The summed E-state index contributed by atoms with van der Waals surface area (Å²) in [4.78, 5) is 50.3. The number of likely N-dealkylation sites (tertiary alicyclic amines) is 1. The Morgan fingerprint density at radius 3 is 2.59 bits per heavy atom. The lowest BCUT2D eigenvalue weighted by Gasteiger charge is -2.32. The first-order valence-electron chi connectivity index (χ1n) is 13.5. The number of anilines is 1. The van der Waals surface area contributed by atoms with Crippen LogP contribution in [-0.2, 0) is 14.3 Å². The van der Waals surface area contributed by atoms with Crippen molar-refractivity contribution in [2.24, 2.45) is 11.8 Å². The fourth-order valence-electron chi connectivity index (χ4n) is 5.50. The number of carbonyl (C=O) groups excluding carboxylic acids is 3. The molecule has 10 heteroatoms. The van der Waals surface area contributed by atoms with Crippen LogP contribution in [0.2, 0.25) is 0 Å². The lowest BCUT2D eigenvalue weighted by molar-refractivity contribution is -0.138. The molecular weight excluding hydrogens is 514 g/mol. The fourth-order valence-corrected chi connectivity index (χ4v) is 6.38. The van der Waals surface area contributed by atoms with Gasteiger partial charge in [-0.25, -0.2) is 4.98 Å². The van der Waals surface area contributed by atoms with Gasteiger partial charge in [-0.2, -0.15) is 0 Å². The van der Waals surface area contributed by atoms with Crippen LogP contribution in [0.25, 0.3) is 11.3 Å². The van der Waals surface area contributed by atoms with Crippen molar-refractivity contribution in [3.63, 3.8) is 0 Å². The number of hydrogen-bond acceptors (Lipinski definition) is 8. The fraction of sp³-hybridized carbons (Fsp3) is 0.517. The Labute approximate surface area is 233 Å². The van der Waals surface area contributed by atoms with Gasteiger partial charge >= 0.3 is 0 Å². The summed E-state index contributed by atoms with van der Waals surface area (Å²) in [5.74, 6) is 1.70. The van der Waals surface area contributed by atoms with E-state index in [-0.39, 0.29) is 42.6 Å². The quantitative estimate of drug-likeness (QED) is 0.529. The Morgan fingerprint density at radius 2 is 1.92 bits per heavy atom. The third-order valence-corrected chi connectivity index (χ3v) is 8.60. The zero-order valence-electron chi connectivity index (χ0n) is 22.6. The van der Waals surface area contributed by atoms with Gasteiger partial charge in [0.25, 0.3) is 5.91 Å². The van der Waals surface area contributed by atoms with Gasteiger partial charge in [-0.3, -0.25) is 14.4 Å². The van der Waals surface area contributed by atoms with Crippen molar-refractivity contribution in [1.29, 1.82) is 0 Å². The highest BCUT2D eigenvalue weighted by molar-refractivity contribution is 7.14. The molecule has 2 aromatic rings. The number of nitrogens with zero attached hydrogens (tertiary/aromatic N) is 4. The van der Waals surface area contributed by atoms with E-state index in [1.807, 2.05) is 31.4 Å². The number of terminal acetylenes is 1. The van der Waals surface area contributed by atoms with Crippen LogP contribution < -0.4 is 10.2 Å². The van der Waals surface area contributed by atoms with Crippen LogP contribution in [-0.4, -0.2) is 96.9 Å². The second-order valence-corrected chi connectivity index (χ2v) is 11.8. The third-order valence-electron chi connectivity index (χ3n) is 7.70. The molecule has 0 aliphatic carbocycles. The van der Waals surface area contributed by atoms with Crippen molar-refractivity contribution in [1.82, 2.24) is 20.1 Å². The SMILES string of the molecule is C#C[C@@H]1CN(C(=O)[C@H](CC(C)C)NC(=O)c2ccc(-c3csc(N4CCN(C)CC4)n3)cc2)C2C(=O)CO[C@@H]21. The standard InChI is InChI=1S/C29H35N5O4S/c1-5-19-15-34(25-24(35)16-38-26(19)25)28(37)22(14-18(2)3)30-27(36)21-8-6-20(7-9-21)23-17-39-29(31-23)33-12-10-32(4)11-13-33/h1,6-9,17-19,22,25-26H,10-16H2,2-4H3,(H,30,36)/t19-,22+,25?,26-/m1/s1. The molecule has 0 spiro atoms. The smallest absolute Gasteiger partial charge is 0.251 e. The maximum absolute atomic E-state index is 13.6.